The fourth-order valence-corrected chi connectivity index (χ4v) is 1.87. The summed E-state index contributed by atoms with van der Waals surface area (Å²) < 4.78 is 5.56. The van der Waals surface area contributed by atoms with Crippen LogP contribution in [0.4, 0.5) is 0 Å². The molecule has 0 amide bonds. The van der Waals surface area contributed by atoms with E-state index < -0.39 is 5.60 Å². The third-order valence-corrected chi connectivity index (χ3v) is 3.43. The first kappa shape index (κ1) is 11.7. The fourth-order valence-electron chi connectivity index (χ4n) is 1.87. The van der Waals surface area contributed by atoms with Gasteiger partial charge in [0, 0.05) is 13.0 Å². The molecule has 1 unspecified atom stereocenters. The Hall–Kier alpha value is -0.370. The van der Waals surface area contributed by atoms with Crippen molar-refractivity contribution in [2.75, 3.05) is 6.61 Å². The monoisotopic (exact) mass is 198 g/mol. The number of ketones is 1. The Bertz CT molecular complexity index is 196. The van der Waals surface area contributed by atoms with Crippen molar-refractivity contribution in [3.63, 3.8) is 0 Å². The molecule has 82 valence electrons. The summed E-state index contributed by atoms with van der Waals surface area (Å²) in [6.07, 6.45) is 5.28. The van der Waals surface area contributed by atoms with Crippen LogP contribution in [0.3, 0.4) is 0 Å². The highest BCUT2D eigenvalue weighted by molar-refractivity contribution is 5.87. The molecule has 1 atom stereocenters. The summed E-state index contributed by atoms with van der Waals surface area (Å²) in [5.41, 5.74) is -0.523. The van der Waals surface area contributed by atoms with Crippen LogP contribution in [0.2, 0.25) is 0 Å². The van der Waals surface area contributed by atoms with Crippen LogP contribution in [-0.4, -0.2) is 18.0 Å². The van der Waals surface area contributed by atoms with Gasteiger partial charge in [-0.2, -0.15) is 0 Å². The lowest BCUT2D eigenvalue weighted by molar-refractivity contribution is -0.144. The van der Waals surface area contributed by atoms with E-state index in [2.05, 4.69) is 0 Å². The van der Waals surface area contributed by atoms with E-state index in [0.29, 0.717) is 18.3 Å². The quantitative estimate of drug-likeness (QED) is 0.656. The molecule has 1 aliphatic rings. The molecular formula is C12H22O2. The van der Waals surface area contributed by atoms with Gasteiger partial charge in [-0.25, -0.2) is 0 Å². The van der Waals surface area contributed by atoms with Gasteiger partial charge in [-0.1, -0.05) is 26.2 Å². The number of carbonyl (C=O) groups is 1. The van der Waals surface area contributed by atoms with Crippen molar-refractivity contribution in [2.24, 2.45) is 5.92 Å². The third-order valence-electron chi connectivity index (χ3n) is 3.43. The molecule has 1 aliphatic carbocycles. The molecule has 0 spiro atoms. The van der Waals surface area contributed by atoms with Gasteiger partial charge in [0.25, 0.3) is 0 Å². The average molecular weight is 198 g/mol. The summed E-state index contributed by atoms with van der Waals surface area (Å²) in [5.74, 6) is 0.945. The van der Waals surface area contributed by atoms with E-state index in [9.17, 15) is 4.79 Å². The minimum absolute atomic E-state index is 0.298. The van der Waals surface area contributed by atoms with Crippen molar-refractivity contribution in [1.82, 2.24) is 0 Å². The van der Waals surface area contributed by atoms with Crippen LogP contribution >= 0.6 is 0 Å². The first-order valence-corrected chi connectivity index (χ1v) is 5.79. The normalized spacial score (nSPS) is 21.4. The predicted molar refractivity (Wildman–Crippen MR) is 57.3 cm³/mol. The van der Waals surface area contributed by atoms with Gasteiger partial charge in [-0.05, 0) is 26.2 Å². The second kappa shape index (κ2) is 4.92. The van der Waals surface area contributed by atoms with E-state index in [1.807, 2.05) is 20.8 Å². The molecule has 0 aromatic rings. The molecule has 0 heterocycles. The van der Waals surface area contributed by atoms with Gasteiger partial charge in [-0.15, -0.1) is 0 Å². The van der Waals surface area contributed by atoms with Gasteiger partial charge in [0.05, 0.1) is 0 Å². The van der Waals surface area contributed by atoms with Crippen LogP contribution in [0.1, 0.15) is 52.9 Å². The number of hydrogen-bond acceptors (Lipinski definition) is 2. The Morgan fingerprint density at radius 1 is 1.43 bits per heavy atom. The number of hydrogen-bond donors (Lipinski definition) is 0. The summed E-state index contributed by atoms with van der Waals surface area (Å²) in [7, 11) is 0. The van der Waals surface area contributed by atoms with Gasteiger partial charge in [0.1, 0.15) is 5.60 Å². The van der Waals surface area contributed by atoms with Crippen LogP contribution in [0, 0.1) is 5.92 Å². The van der Waals surface area contributed by atoms with Crippen LogP contribution in [-0.2, 0) is 9.53 Å². The van der Waals surface area contributed by atoms with Gasteiger partial charge in [-0.3, -0.25) is 4.79 Å². The molecule has 0 aromatic carbocycles. The van der Waals surface area contributed by atoms with Crippen LogP contribution < -0.4 is 0 Å². The van der Waals surface area contributed by atoms with Gasteiger partial charge < -0.3 is 4.74 Å². The zero-order valence-corrected chi connectivity index (χ0v) is 9.64. The SMILES string of the molecule is CCOC(C)(CC)C(=O)CC1CCC1. The van der Waals surface area contributed by atoms with Crippen molar-refractivity contribution in [1.29, 1.82) is 0 Å². The molecular weight excluding hydrogens is 176 g/mol. The maximum absolute atomic E-state index is 12.0. The molecule has 0 bridgehead atoms. The lowest BCUT2D eigenvalue weighted by atomic mass is 9.78. The largest absolute Gasteiger partial charge is 0.368 e. The summed E-state index contributed by atoms with van der Waals surface area (Å²) in [6.45, 7) is 6.52. The second-order valence-electron chi connectivity index (χ2n) is 4.44. The van der Waals surface area contributed by atoms with Crippen molar-refractivity contribution in [3.05, 3.63) is 0 Å². The van der Waals surface area contributed by atoms with Crippen molar-refractivity contribution in [2.45, 2.75) is 58.5 Å². The number of carbonyl (C=O) groups excluding carboxylic acids is 1. The van der Waals surface area contributed by atoms with E-state index in [4.69, 9.17) is 4.74 Å². The maximum Gasteiger partial charge on any atom is 0.164 e. The molecule has 2 heteroatoms. The lowest BCUT2D eigenvalue weighted by Crippen LogP contribution is -2.39. The lowest BCUT2D eigenvalue weighted by Gasteiger charge is -2.31. The van der Waals surface area contributed by atoms with Gasteiger partial charge in [0.2, 0.25) is 0 Å². The topological polar surface area (TPSA) is 26.3 Å². The highest BCUT2D eigenvalue weighted by atomic mass is 16.5. The minimum atomic E-state index is -0.523. The molecule has 14 heavy (non-hydrogen) atoms. The molecule has 1 rings (SSSR count). The molecule has 0 aromatic heterocycles. The Labute approximate surface area is 87.0 Å². The van der Waals surface area contributed by atoms with E-state index in [1.54, 1.807) is 0 Å². The van der Waals surface area contributed by atoms with Crippen LogP contribution in [0.25, 0.3) is 0 Å². The Morgan fingerprint density at radius 3 is 2.43 bits per heavy atom. The Morgan fingerprint density at radius 2 is 2.07 bits per heavy atom. The summed E-state index contributed by atoms with van der Waals surface area (Å²) in [6, 6.07) is 0. The summed E-state index contributed by atoms with van der Waals surface area (Å²) in [4.78, 5) is 12.0. The predicted octanol–water partition coefficient (Wildman–Crippen LogP) is 2.95. The molecule has 1 fully saturated rings. The Balaban J connectivity index is 2.45. The molecule has 1 saturated carbocycles. The zero-order chi connectivity index (χ0) is 10.6. The minimum Gasteiger partial charge on any atom is -0.368 e. The average Bonchev–Trinajstić information content (AvgIpc) is 2.11. The van der Waals surface area contributed by atoms with Gasteiger partial charge in [0.15, 0.2) is 5.78 Å². The van der Waals surface area contributed by atoms with E-state index >= 15 is 0 Å². The highest BCUT2D eigenvalue weighted by Gasteiger charge is 2.34. The van der Waals surface area contributed by atoms with Crippen LogP contribution in [0.5, 0.6) is 0 Å². The van der Waals surface area contributed by atoms with Crippen LogP contribution in [0.15, 0.2) is 0 Å². The standard InChI is InChI=1S/C12H22O2/c1-4-12(3,14-5-2)11(13)9-10-7-6-8-10/h10H,4-9H2,1-3H3. The number of ether oxygens (including phenoxy) is 1. The Kier molecular flexibility index (Phi) is 4.11. The number of Topliss-reactive ketones (excluding diaryl/α,β-unsaturated/α-hetero) is 1. The fraction of sp³-hybridized carbons (Fsp3) is 0.917. The van der Waals surface area contributed by atoms with E-state index in [1.165, 1.54) is 19.3 Å². The summed E-state index contributed by atoms with van der Waals surface area (Å²) >= 11 is 0. The number of rotatable bonds is 6. The van der Waals surface area contributed by atoms with Gasteiger partial charge >= 0.3 is 0 Å². The van der Waals surface area contributed by atoms with E-state index in [-0.39, 0.29) is 0 Å². The first-order valence-electron chi connectivity index (χ1n) is 5.79. The van der Waals surface area contributed by atoms with Crippen molar-refractivity contribution >= 4 is 5.78 Å². The molecule has 2 nitrogen and oxygen atoms in total. The smallest absolute Gasteiger partial charge is 0.164 e. The van der Waals surface area contributed by atoms with E-state index in [0.717, 1.165) is 12.8 Å². The third kappa shape index (κ3) is 2.57. The maximum atomic E-state index is 12.0. The first-order chi connectivity index (χ1) is 6.62. The molecule has 0 N–H and O–H groups in total. The molecule has 0 saturated heterocycles. The van der Waals surface area contributed by atoms with Crippen molar-refractivity contribution in [3.8, 4) is 0 Å². The second-order valence-corrected chi connectivity index (χ2v) is 4.44. The highest BCUT2D eigenvalue weighted by Crippen LogP contribution is 2.32. The molecule has 0 radical (unpaired) electrons. The zero-order valence-electron chi connectivity index (χ0n) is 9.64. The summed E-state index contributed by atoms with van der Waals surface area (Å²) in [5, 5.41) is 0. The van der Waals surface area contributed by atoms with Crippen molar-refractivity contribution < 1.29 is 9.53 Å². The molecule has 0 aliphatic heterocycles.